The summed E-state index contributed by atoms with van der Waals surface area (Å²) < 4.78 is 0. The van der Waals surface area contributed by atoms with Gasteiger partial charge >= 0.3 is 0 Å². The molecule has 4 nitrogen and oxygen atoms in total. The van der Waals surface area contributed by atoms with Crippen LogP contribution in [0.2, 0.25) is 0 Å². The van der Waals surface area contributed by atoms with Crippen LogP contribution >= 0.6 is 0 Å². The second-order valence-electron chi connectivity index (χ2n) is 4.83. The third-order valence-corrected chi connectivity index (χ3v) is 3.61. The van der Waals surface area contributed by atoms with Crippen molar-refractivity contribution < 1.29 is 0 Å². The van der Waals surface area contributed by atoms with Gasteiger partial charge in [-0.05, 0) is 25.8 Å². The molecule has 2 aliphatic rings. The lowest BCUT2D eigenvalue weighted by atomic mass is 10.2. The molecule has 0 aromatic carbocycles. The summed E-state index contributed by atoms with van der Waals surface area (Å²) in [6.45, 7) is 2.19. The summed E-state index contributed by atoms with van der Waals surface area (Å²) in [6.07, 6.45) is 5.51. The van der Waals surface area contributed by atoms with Gasteiger partial charge in [-0.1, -0.05) is 0 Å². The predicted molar refractivity (Wildman–Crippen MR) is 63.7 cm³/mol. The van der Waals surface area contributed by atoms with Gasteiger partial charge in [0, 0.05) is 37.3 Å². The van der Waals surface area contributed by atoms with Gasteiger partial charge in [-0.2, -0.15) is 0 Å². The molecule has 1 saturated heterocycles. The van der Waals surface area contributed by atoms with Crippen molar-refractivity contribution in [3.63, 3.8) is 0 Å². The molecule has 16 heavy (non-hydrogen) atoms. The largest absolute Gasteiger partial charge is 0.355 e. The molecule has 1 unspecified atom stereocenters. The van der Waals surface area contributed by atoms with Crippen LogP contribution in [0.3, 0.4) is 0 Å². The number of aromatic nitrogens is 2. The van der Waals surface area contributed by atoms with Gasteiger partial charge in [0.25, 0.3) is 0 Å². The fourth-order valence-electron chi connectivity index (χ4n) is 2.31. The van der Waals surface area contributed by atoms with Crippen LogP contribution in [0.4, 0.5) is 5.82 Å². The molecule has 1 aromatic heterocycles. The Balaban J connectivity index is 1.78. The molecule has 0 bridgehead atoms. The first-order chi connectivity index (χ1) is 7.84. The molecule has 1 aliphatic heterocycles. The fourth-order valence-corrected chi connectivity index (χ4v) is 2.31. The van der Waals surface area contributed by atoms with Gasteiger partial charge in [0.1, 0.15) is 12.1 Å². The van der Waals surface area contributed by atoms with Crippen LogP contribution in [0.15, 0.2) is 12.4 Å². The Kier molecular flexibility index (Phi) is 2.52. The number of hydrogen-bond acceptors (Lipinski definition) is 4. The highest BCUT2D eigenvalue weighted by atomic mass is 15.2. The van der Waals surface area contributed by atoms with Crippen LogP contribution in [-0.2, 0) is 0 Å². The first kappa shape index (κ1) is 10.0. The van der Waals surface area contributed by atoms with Crippen molar-refractivity contribution >= 4 is 5.82 Å². The topological polar surface area (TPSA) is 41.1 Å². The summed E-state index contributed by atoms with van der Waals surface area (Å²) in [4.78, 5) is 11.0. The van der Waals surface area contributed by atoms with Gasteiger partial charge in [0.15, 0.2) is 0 Å². The minimum absolute atomic E-state index is 0.585. The third-order valence-electron chi connectivity index (χ3n) is 3.61. The molecule has 4 heteroatoms. The Hall–Kier alpha value is -1.16. The van der Waals surface area contributed by atoms with E-state index < -0.39 is 0 Å². The van der Waals surface area contributed by atoms with E-state index in [9.17, 15) is 0 Å². The average Bonchev–Trinajstić information content (AvgIpc) is 3.04. The minimum atomic E-state index is 0.585. The van der Waals surface area contributed by atoms with Crippen LogP contribution in [-0.4, -0.2) is 36.1 Å². The van der Waals surface area contributed by atoms with Gasteiger partial charge < -0.3 is 10.2 Å². The molecule has 2 fully saturated rings. The van der Waals surface area contributed by atoms with Crippen molar-refractivity contribution in [2.45, 2.75) is 31.2 Å². The zero-order chi connectivity index (χ0) is 11.0. The van der Waals surface area contributed by atoms with E-state index in [1.807, 2.05) is 0 Å². The van der Waals surface area contributed by atoms with Gasteiger partial charge in [-0.3, -0.25) is 0 Å². The molecule has 86 valence electrons. The lowest BCUT2D eigenvalue weighted by Gasteiger charge is -2.24. The smallest absolute Gasteiger partial charge is 0.132 e. The van der Waals surface area contributed by atoms with Crippen molar-refractivity contribution in [2.24, 2.45) is 0 Å². The minimum Gasteiger partial charge on any atom is -0.355 e. The average molecular weight is 218 g/mol. The Morgan fingerprint density at radius 3 is 2.88 bits per heavy atom. The van der Waals surface area contributed by atoms with E-state index in [2.05, 4.69) is 33.3 Å². The molecule has 0 spiro atoms. The summed E-state index contributed by atoms with van der Waals surface area (Å²) in [7, 11) is 2.14. The maximum absolute atomic E-state index is 4.38. The summed E-state index contributed by atoms with van der Waals surface area (Å²) in [6, 6.07) is 2.75. The van der Waals surface area contributed by atoms with Crippen molar-refractivity contribution in [1.29, 1.82) is 0 Å². The number of rotatable bonds is 3. The third kappa shape index (κ3) is 1.89. The van der Waals surface area contributed by atoms with E-state index in [0.717, 1.165) is 18.9 Å². The Bertz CT molecular complexity index is 369. The molecule has 1 N–H and O–H groups in total. The van der Waals surface area contributed by atoms with Gasteiger partial charge in [-0.15, -0.1) is 0 Å². The van der Waals surface area contributed by atoms with Crippen LogP contribution in [0.25, 0.3) is 0 Å². The van der Waals surface area contributed by atoms with E-state index in [4.69, 9.17) is 0 Å². The van der Waals surface area contributed by atoms with Gasteiger partial charge in [0.2, 0.25) is 0 Å². The maximum atomic E-state index is 4.38. The first-order valence-electron chi connectivity index (χ1n) is 6.10. The first-order valence-corrected chi connectivity index (χ1v) is 6.10. The van der Waals surface area contributed by atoms with E-state index in [0.29, 0.717) is 12.0 Å². The number of anilines is 1. The maximum Gasteiger partial charge on any atom is 0.132 e. The summed E-state index contributed by atoms with van der Waals surface area (Å²) in [5.41, 5.74) is 1.22. The highest BCUT2D eigenvalue weighted by Crippen LogP contribution is 2.39. The zero-order valence-electron chi connectivity index (χ0n) is 9.69. The van der Waals surface area contributed by atoms with E-state index in [1.165, 1.54) is 25.0 Å². The molecule has 3 rings (SSSR count). The van der Waals surface area contributed by atoms with Crippen molar-refractivity contribution in [3.05, 3.63) is 18.1 Å². The SMILES string of the molecule is CN(c1cc(C2CC2)ncn1)C1CCNC1. The molecule has 1 atom stereocenters. The monoisotopic (exact) mass is 218 g/mol. The van der Waals surface area contributed by atoms with E-state index in [-0.39, 0.29) is 0 Å². The zero-order valence-corrected chi connectivity index (χ0v) is 9.69. The second-order valence-corrected chi connectivity index (χ2v) is 4.83. The summed E-state index contributed by atoms with van der Waals surface area (Å²) in [5, 5.41) is 3.39. The summed E-state index contributed by atoms with van der Waals surface area (Å²) in [5.74, 6) is 1.78. The molecule has 0 radical (unpaired) electrons. The standard InChI is InChI=1S/C12H18N4/c1-16(10-4-5-13-7-10)12-6-11(9-2-3-9)14-8-15-12/h6,8-10,13H,2-5,7H2,1H3. The second kappa shape index (κ2) is 4.01. The van der Waals surface area contributed by atoms with Crippen LogP contribution in [0, 0.1) is 0 Å². The van der Waals surface area contributed by atoms with Crippen molar-refractivity contribution in [1.82, 2.24) is 15.3 Å². The number of likely N-dealkylation sites (N-methyl/N-ethyl adjacent to an activating group) is 1. The van der Waals surface area contributed by atoms with Crippen LogP contribution in [0.1, 0.15) is 30.9 Å². The molecule has 1 aliphatic carbocycles. The number of hydrogen-bond donors (Lipinski definition) is 1. The Labute approximate surface area is 96.1 Å². The highest BCUT2D eigenvalue weighted by Gasteiger charge is 2.26. The Morgan fingerprint density at radius 1 is 1.31 bits per heavy atom. The quantitative estimate of drug-likeness (QED) is 0.826. The number of nitrogens with one attached hydrogen (secondary N) is 1. The predicted octanol–water partition coefficient (Wildman–Crippen LogP) is 1.15. The van der Waals surface area contributed by atoms with Crippen LogP contribution in [0.5, 0.6) is 0 Å². The van der Waals surface area contributed by atoms with Gasteiger partial charge in [0.05, 0.1) is 0 Å². The normalized spacial score (nSPS) is 24.7. The summed E-state index contributed by atoms with van der Waals surface area (Å²) >= 11 is 0. The highest BCUT2D eigenvalue weighted by molar-refractivity contribution is 5.41. The van der Waals surface area contributed by atoms with Crippen LogP contribution < -0.4 is 10.2 Å². The number of nitrogens with zero attached hydrogens (tertiary/aromatic N) is 3. The molecule has 1 saturated carbocycles. The lowest BCUT2D eigenvalue weighted by molar-refractivity contribution is 0.675. The van der Waals surface area contributed by atoms with E-state index in [1.54, 1.807) is 6.33 Å². The molecule has 1 aromatic rings. The van der Waals surface area contributed by atoms with Crippen molar-refractivity contribution in [3.8, 4) is 0 Å². The van der Waals surface area contributed by atoms with E-state index >= 15 is 0 Å². The van der Waals surface area contributed by atoms with Crippen molar-refractivity contribution in [2.75, 3.05) is 25.0 Å². The molecular formula is C12H18N4. The fraction of sp³-hybridized carbons (Fsp3) is 0.667. The van der Waals surface area contributed by atoms with Gasteiger partial charge in [-0.25, -0.2) is 9.97 Å². The molecule has 2 heterocycles. The molecule has 0 amide bonds. The molecular weight excluding hydrogens is 200 g/mol. The Morgan fingerprint density at radius 2 is 2.19 bits per heavy atom. The lowest BCUT2D eigenvalue weighted by Crippen LogP contribution is -2.34.